The van der Waals surface area contributed by atoms with Crippen LogP contribution in [0.4, 0.5) is 26.3 Å². The molecule has 0 radical (unpaired) electrons. The summed E-state index contributed by atoms with van der Waals surface area (Å²) in [7, 11) is 0. The van der Waals surface area contributed by atoms with E-state index < -0.39 is 42.9 Å². The van der Waals surface area contributed by atoms with Crippen molar-refractivity contribution in [3.63, 3.8) is 0 Å². The van der Waals surface area contributed by atoms with E-state index in [1.807, 2.05) is 0 Å². The lowest BCUT2D eigenvalue weighted by Gasteiger charge is -2.29. The fraction of sp³-hybridized carbons (Fsp3) is 1.00. The van der Waals surface area contributed by atoms with E-state index in [1.54, 1.807) is 0 Å². The summed E-state index contributed by atoms with van der Waals surface area (Å²) < 4.78 is 76.9. The Bertz CT molecular complexity index is 212. The first-order chi connectivity index (χ1) is 6.87. The Balaban J connectivity index is 4.71. The van der Waals surface area contributed by atoms with Gasteiger partial charge in [-0.05, 0) is 13.8 Å². The Hall–Kier alpha value is -0.420. The molecule has 0 heterocycles. The fourth-order valence-electron chi connectivity index (χ4n) is 1.37. The third-order valence-electron chi connectivity index (χ3n) is 2.38. The number of halogens is 6. The van der Waals surface area contributed by atoms with Crippen molar-refractivity contribution in [2.24, 2.45) is 5.92 Å². The van der Waals surface area contributed by atoms with Crippen molar-refractivity contribution in [2.45, 2.75) is 57.8 Å². The standard InChI is InChI=1S/C10H16F6/c1-4-10(15,16)6-7(9(3,13)14)5-8(2,11)12/h7H,4-6H2,1-3H3. The Kier molecular flexibility index (Phi) is 4.71. The van der Waals surface area contributed by atoms with Gasteiger partial charge in [-0.15, -0.1) is 0 Å². The van der Waals surface area contributed by atoms with Crippen LogP contribution in [0.15, 0.2) is 0 Å². The molecule has 0 aromatic rings. The molecule has 0 saturated carbocycles. The van der Waals surface area contributed by atoms with Crippen LogP contribution in [0, 0.1) is 5.92 Å². The average Bonchev–Trinajstić information content (AvgIpc) is 1.98. The molecule has 0 spiro atoms. The third-order valence-corrected chi connectivity index (χ3v) is 2.38. The zero-order valence-corrected chi connectivity index (χ0v) is 9.47. The largest absolute Gasteiger partial charge is 0.248 e. The van der Waals surface area contributed by atoms with E-state index in [1.165, 1.54) is 0 Å². The summed E-state index contributed by atoms with van der Waals surface area (Å²) in [5.41, 5.74) is 0. The van der Waals surface area contributed by atoms with Gasteiger partial charge in [0.15, 0.2) is 0 Å². The molecule has 0 aliphatic rings. The summed E-state index contributed by atoms with van der Waals surface area (Å²) in [6.07, 6.45) is -3.07. The van der Waals surface area contributed by atoms with Gasteiger partial charge in [0.1, 0.15) is 0 Å². The summed E-state index contributed by atoms with van der Waals surface area (Å²) in [6.45, 7) is 1.99. The molecule has 1 atom stereocenters. The summed E-state index contributed by atoms with van der Waals surface area (Å²) >= 11 is 0. The molecule has 0 saturated heterocycles. The Morgan fingerprint density at radius 3 is 1.56 bits per heavy atom. The molecule has 0 amide bonds. The predicted octanol–water partition coefficient (Wildman–Crippen LogP) is 4.74. The molecule has 6 heteroatoms. The number of rotatable bonds is 6. The maximum atomic E-state index is 12.9. The molecule has 0 aliphatic carbocycles. The topological polar surface area (TPSA) is 0 Å². The third kappa shape index (κ3) is 6.23. The Morgan fingerprint density at radius 2 is 1.31 bits per heavy atom. The minimum absolute atomic E-state index is 0.398. The Labute approximate surface area is 91.0 Å². The zero-order chi connectivity index (χ0) is 13.2. The molecule has 0 rings (SSSR count). The molecule has 0 aromatic carbocycles. The average molecular weight is 250 g/mol. The minimum Gasteiger partial charge on any atom is -0.207 e. The first-order valence-electron chi connectivity index (χ1n) is 5.01. The lowest BCUT2D eigenvalue weighted by Crippen LogP contribution is -2.35. The van der Waals surface area contributed by atoms with E-state index in [0.717, 1.165) is 6.92 Å². The highest BCUT2D eigenvalue weighted by atomic mass is 19.3. The molecular formula is C10H16F6. The maximum Gasteiger partial charge on any atom is 0.248 e. The second-order valence-corrected chi connectivity index (χ2v) is 4.34. The van der Waals surface area contributed by atoms with Crippen molar-refractivity contribution in [1.29, 1.82) is 0 Å². The van der Waals surface area contributed by atoms with Gasteiger partial charge in [-0.25, -0.2) is 26.3 Å². The highest BCUT2D eigenvalue weighted by Crippen LogP contribution is 2.40. The van der Waals surface area contributed by atoms with Crippen LogP contribution < -0.4 is 0 Å². The molecule has 98 valence electrons. The van der Waals surface area contributed by atoms with E-state index in [9.17, 15) is 26.3 Å². The van der Waals surface area contributed by atoms with Gasteiger partial charge in [-0.2, -0.15) is 0 Å². The van der Waals surface area contributed by atoms with Crippen molar-refractivity contribution in [2.75, 3.05) is 0 Å². The molecule has 0 aromatic heterocycles. The lowest BCUT2D eigenvalue weighted by molar-refractivity contribution is -0.128. The van der Waals surface area contributed by atoms with E-state index in [2.05, 4.69) is 0 Å². The Morgan fingerprint density at radius 1 is 0.875 bits per heavy atom. The van der Waals surface area contributed by atoms with Gasteiger partial charge >= 0.3 is 0 Å². The monoisotopic (exact) mass is 250 g/mol. The molecule has 0 fully saturated rings. The molecule has 1 unspecified atom stereocenters. The lowest BCUT2D eigenvalue weighted by atomic mass is 9.88. The van der Waals surface area contributed by atoms with Crippen LogP contribution in [0.25, 0.3) is 0 Å². The van der Waals surface area contributed by atoms with Crippen LogP contribution in [-0.2, 0) is 0 Å². The van der Waals surface area contributed by atoms with Gasteiger partial charge < -0.3 is 0 Å². The smallest absolute Gasteiger partial charge is 0.207 e. The number of hydrogen-bond donors (Lipinski definition) is 0. The molecule has 0 aliphatic heterocycles. The summed E-state index contributed by atoms with van der Waals surface area (Å²) in [6, 6.07) is 0. The van der Waals surface area contributed by atoms with Crippen LogP contribution >= 0.6 is 0 Å². The minimum atomic E-state index is -3.53. The molecule has 0 N–H and O–H groups in total. The van der Waals surface area contributed by atoms with Gasteiger partial charge in [0, 0.05) is 25.2 Å². The van der Waals surface area contributed by atoms with E-state index in [4.69, 9.17) is 0 Å². The molecule has 0 nitrogen and oxygen atoms in total. The zero-order valence-electron chi connectivity index (χ0n) is 9.47. The van der Waals surface area contributed by atoms with Crippen LogP contribution in [0.3, 0.4) is 0 Å². The van der Waals surface area contributed by atoms with Gasteiger partial charge in [0.25, 0.3) is 0 Å². The van der Waals surface area contributed by atoms with Gasteiger partial charge in [0.2, 0.25) is 17.8 Å². The second kappa shape index (κ2) is 4.84. The summed E-state index contributed by atoms with van der Waals surface area (Å²) in [5, 5.41) is 0. The van der Waals surface area contributed by atoms with Crippen molar-refractivity contribution in [3.05, 3.63) is 0 Å². The van der Waals surface area contributed by atoms with E-state index in [-0.39, 0.29) is 0 Å². The van der Waals surface area contributed by atoms with Crippen LogP contribution in [0.5, 0.6) is 0 Å². The van der Waals surface area contributed by atoms with Crippen LogP contribution in [-0.4, -0.2) is 17.8 Å². The number of hydrogen-bond acceptors (Lipinski definition) is 0. The second-order valence-electron chi connectivity index (χ2n) is 4.34. The van der Waals surface area contributed by atoms with Crippen molar-refractivity contribution in [1.82, 2.24) is 0 Å². The quantitative estimate of drug-likeness (QED) is 0.597. The highest BCUT2D eigenvalue weighted by Gasteiger charge is 2.45. The number of alkyl halides is 6. The molecular weight excluding hydrogens is 234 g/mol. The first kappa shape index (κ1) is 15.6. The molecule has 0 bridgehead atoms. The van der Waals surface area contributed by atoms with Gasteiger partial charge in [-0.3, -0.25) is 0 Å². The van der Waals surface area contributed by atoms with Crippen molar-refractivity contribution < 1.29 is 26.3 Å². The van der Waals surface area contributed by atoms with E-state index >= 15 is 0 Å². The SMILES string of the molecule is CCC(F)(F)CC(CC(C)(F)F)C(C)(F)F. The van der Waals surface area contributed by atoms with Crippen LogP contribution in [0.1, 0.15) is 40.0 Å². The van der Waals surface area contributed by atoms with Crippen molar-refractivity contribution in [3.8, 4) is 0 Å². The van der Waals surface area contributed by atoms with Crippen molar-refractivity contribution >= 4 is 0 Å². The fourth-order valence-corrected chi connectivity index (χ4v) is 1.37. The summed E-state index contributed by atoms with van der Waals surface area (Å²) in [4.78, 5) is 0. The summed E-state index contributed by atoms with van der Waals surface area (Å²) in [5.74, 6) is -12.2. The maximum absolute atomic E-state index is 12.9. The first-order valence-corrected chi connectivity index (χ1v) is 5.01. The normalized spacial score (nSPS) is 16.3. The predicted molar refractivity (Wildman–Crippen MR) is 49.2 cm³/mol. The highest BCUT2D eigenvalue weighted by molar-refractivity contribution is 4.82. The van der Waals surface area contributed by atoms with E-state index in [0.29, 0.717) is 13.8 Å². The molecule has 16 heavy (non-hydrogen) atoms. The van der Waals surface area contributed by atoms with Gasteiger partial charge in [-0.1, -0.05) is 6.92 Å². The van der Waals surface area contributed by atoms with Gasteiger partial charge in [0.05, 0.1) is 0 Å². The van der Waals surface area contributed by atoms with Crippen LogP contribution in [0.2, 0.25) is 0 Å².